The number of nitrogens with one attached hydrogen (secondary N) is 1. The predicted octanol–water partition coefficient (Wildman–Crippen LogP) is 2.23. The van der Waals surface area contributed by atoms with Crippen LogP contribution < -0.4 is 5.32 Å². The smallest absolute Gasteiger partial charge is 0.335 e. The zero-order valence-electron chi connectivity index (χ0n) is 14.3. The number of furan rings is 1. The van der Waals surface area contributed by atoms with Crippen molar-refractivity contribution in [3.63, 3.8) is 0 Å². The zero-order chi connectivity index (χ0) is 18.8. The van der Waals surface area contributed by atoms with E-state index in [2.05, 4.69) is 15.4 Å². The third-order valence-corrected chi connectivity index (χ3v) is 4.20. The molecule has 0 aliphatic heterocycles. The van der Waals surface area contributed by atoms with E-state index in [4.69, 9.17) is 9.52 Å². The number of aromatic carboxylic acids is 1. The SMILES string of the molecule is O=C(Cn1ncc2cccnc21)NCCc1cc2ccc(C(=O)O)cc2o1. The van der Waals surface area contributed by atoms with Gasteiger partial charge in [0, 0.05) is 29.9 Å². The number of hydrogen-bond acceptors (Lipinski definition) is 5. The van der Waals surface area contributed by atoms with Crippen LogP contribution in [0.15, 0.2) is 53.2 Å². The maximum Gasteiger partial charge on any atom is 0.335 e. The number of nitrogens with zero attached hydrogens (tertiary/aromatic N) is 3. The van der Waals surface area contributed by atoms with E-state index < -0.39 is 5.97 Å². The van der Waals surface area contributed by atoms with Gasteiger partial charge in [0.2, 0.25) is 5.91 Å². The number of carbonyl (C=O) groups excluding carboxylic acids is 1. The minimum absolute atomic E-state index is 0.0859. The number of benzene rings is 1. The van der Waals surface area contributed by atoms with Crippen molar-refractivity contribution in [1.82, 2.24) is 20.1 Å². The van der Waals surface area contributed by atoms with Gasteiger partial charge in [-0.15, -0.1) is 0 Å². The van der Waals surface area contributed by atoms with Gasteiger partial charge in [-0.25, -0.2) is 14.5 Å². The molecule has 0 unspecified atom stereocenters. The second kappa shape index (κ2) is 6.91. The second-order valence-corrected chi connectivity index (χ2v) is 6.09. The van der Waals surface area contributed by atoms with Crippen LogP contribution in [0.5, 0.6) is 0 Å². The maximum atomic E-state index is 12.1. The highest BCUT2D eigenvalue weighted by Crippen LogP contribution is 2.21. The minimum Gasteiger partial charge on any atom is -0.478 e. The number of amides is 1. The summed E-state index contributed by atoms with van der Waals surface area (Å²) in [4.78, 5) is 27.4. The Morgan fingerprint density at radius 3 is 2.93 bits per heavy atom. The molecule has 4 aromatic rings. The van der Waals surface area contributed by atoms with Crippen molar-refractivity contribution in [1.29, 1.82) is 0 Å². The lowest BCUT2D eigenvalue weighted by Crippen LogP contribution is -2.29. The highest BCUT2D eigenvalue weighted by molar-refractivity contribution is 5.92. The molecular formula is C19H16N4O4. The van der Waals surface area contributed by atoms with E-state index in [1.54, 1.807) is 23.1 Å². The lowest BCUT2D eigenvalue weighted by atomic mass is 10.1. The van der Waals surface area contributed by atoms with Crippen LogP contribution >= 0.6 is 0 Å². The Kier molecular flexibility index (Phi) is 4.29. The first-order valence-corrected chi connectivity index (χ1v) is 8.39. The average Bonchev–Trinajstić information content (AvgIpc) is 3.25. The van der Waals surface area contributed by atoms with Crippen molar-refractivity contribution in [3.8, 4) is 0 Å². The number of pyridine rings is 1. The molecular weight excluding hydrogens is 348 g/mol. The van der Waals surface area contributed by atoms with Gasteiger partial charge in [0.15, 0.2) is 5.65 Å². The lowest BCUT2D eigenvalue weighted by molar-refractivity contribution is -0.121. The summed E-state index contributed by atoms with van der Waals surface area (Å²) in [7, 11) is 0. The first-order chi connectivity index (χ1) is 13.1. The lowest BCUT2D eigenvalue weighted by Gasteiger charge is -2.05. The molecule has 0 bridgehead atoms. The van der Waals surface area contributed by atoms with E-state index >= 15 is 0 Å². The molecule has 3 heterocycles. The third kappa shape index (κ3) is 3.50. The average molecular weight is 364 g/mol. The summed E-state index contributed by atoms with van der Waals surface area (Å²) in [6.45, 7) is 0.486. The van der Waals surface area contributed by atoms with Crippen molar-refractivity contribution in [2.45, 2.75) is 13.0 Å². The highest BCUT2D eigenvalue weighted by atomic mass is 16.4. The maximum absolute atomic E-state index is 12.1. The summed E-state index contributed by atoms with van der Waals surface area (Å²) in [6.07, 6.45) is 3.84. The molecule has 1 aromatic carbocycles. The fourth-order valence-corrected chi connectivity index (χ4v) is 2.89. The number of carboxylic acids is 1. The number of carboxylic acid groups (broad SMARTS) is 1. The summed E-state index contributed by atoms with van der Waals surface area (Å²) in [5.41, 5.74) is 1.36. The predicted molar refractivity (Wildman–Crippen MR) is 97.4 cm³/mol. The Hall–Kier alpha value is -3.68. The zero-order valence-corrected chi connectivity index (χ0v) is 14.3. The molecule has 136 valence electrons. The summed E-state index contributed by atoms with van der Waals surface area (Å²) < 4.78 is 7.22. The molecule has 2 N–H and O–H groups in total. The van der Waals surface area contributed by atoms with Gasteiger partial charge in [-0.3, -0.25) is 4.79 Å². The van der Waals surface area contributed by atoms with Crippen molar-refractivity contribution < 1.29 is 19.1 Å². The van der Waals surface area contributed by atoms with E-state index in [0.717, 1.165) is 10.8 Å². The van der Waals surface area contributed by atoms with E-state index in [-0.39, 0.29) is 18.0 Å². The summed E-state index contributed by atoms with van der Waals surface area (Å²) in [5, 5.41) is 17.7. The Labute approximate surface area is 153 Å². The fourth-order valence-electron chi connectivity index (χ4n) is 2.89. The van der Waals surface area contributed by atoms with Crippen LogP contribution in [0.2, 0.25) is 0 Å². The molecule has 8 nitrogen and oxygen atoms in total. The molecule has 0 atom stereocenters. The van der Waals surface area contributed by atoms with Crippen LogP contribution in [-0.4, -0.2) is 38.3 Å². The molecule has 1 amide bonds. The first kappa shape index (κ1) is 16.8. The molecule has 0 fully saturated rings. The largest absolute Gasteiger partial charge is 0.478 e. The van der Waals surface area contributed by atoms with E-state index in [1.807, 2.05) is 18.2 Å². The minimum atomic E-state index is -0.997. The first-order valence-electron chi connectivity index (χ1n) is 8.39. The van der Waals surface area contributed by atoms with Crippen LogP contribution in [0.3, 0.4) is 0 Å². The Bertz CT molecular complexity index is 1140. The van der Waals surface area contributed by atoms with Crippen molar-refractivity contribution in [2.75, 3.05) is 6.54 Å². The van der Waals surface area contributed by atoms with E-state index in [0.29, 0.717) is 30.0 Å². The number of hydrogen-bond donors (Lipinski definition) is 2. The van der Waals surface area contributed by atoms with Gasteiger partial charge in [-0.1, -0.05) is 6.07 Å². The topological polar surface area (TPSA) is 110 Å². The number of carbonyl (C=O) groups is 2. The summed E-state index contributed by atoms with van der Waals surface area (Å²) in [5.74, 6) is -0.489. The molecule has 0 saturated heterocycles. The Morgan fingerprint density at radius 1 is 1.19 bits per heavy atom. The van der Waals surface area contributed by atoms with Crippen LogP contribution in [-0.2, 0) is 17.8 Å². The number of aromatic nitrogens is 3. The van der Waals surface area contributed by atoms with Gasteiger partial charge >= 0.3 is 5.97 Å². The van der Waals surface area contributed by atoms with Gasteiger partial charge in [0.05, 0.1) is 11.8 Å². The summed E-state index contributed by atoms with van der Waals surface area (Å²) >= 11 is 0. The molecule has 27 heavy (non-hydrogen) atoms. The molecule has 3 aromatic heterocycles. The van der Waals surface area contributed by atoms with Gasteiger partial charge in [-0.2, -0.15) is 5.10 Å². The molecule has 0 aliphatic carbocycles. The van der Waals surface area contributed by atoms with Crippen LogP contribution in [0, 0.1) is 0 Å². The van der Waals surface area contributed by atoms with Crippen molar-refractivity contribution in [2.24, 2.45) is 0 Å². The van der Waals surface area contributed by atoms with Gasteiger partial charge in [0.1, 0.15) is 17.9 Å². The van der Waals surface area contributed by atoms with Crippen molar-refractivity contribution >= 4 is 33.9 Å². The number of rotatable bonds is 6. The molecule has 8 heteroatoms. The molecule has 0 spiro atoms. The molecule has 4 rings (SSSR count). The van der Waals surface area contributed by atoms with E-state index in [9.17, 15) is 9.59 Å². The quantitative estimate of drug-likeness (QED) is 0.543. The fraction of sp³-hybridized carbons (Fsp3) is 0.158. The molecule has 0 aliphatic rings. The van der Waals surface area contributed by atoms with Crippen molar-refractivity contribution in [3.05, 3.63) is 60.1 Å². The van der Waals surface area contributed by atoms with Crippen LogP contribution in [0.4, 0.5) is 0 Å². The van der Waals surface area contributed by atoms with Gasteiger partial charge < -0.3 is 14.8 Å². The van der Waals surface area contributed by atoms with Gasteiger partial charge in [0.25, 0.3) is 0 Å². The normalized spacial score (nSPS) is 11.1. The molecule has 0 saturated carbocycles. The van der Waals surface area contributed by atoms with Gasteiger partial charge in [-0.05, 0) is 30.3 Å². The highest BCUT2D eigenvalue weighted by Gasteiger charge is 2.10. The standard InChI is InChI=1S/C19H16N4O4/c24-17(11-23-18-14(10-22-23)2-1-6-21-18)20-7-5-15-8-12-3-4-13(19(25)26)9-16(12)27-15/h1-4,6,8-10H,5,7,11H2,(H,20,24)(H,25,26). The number of fused-ring (bicyclic) bond motifs is 2. The summed E-state index contributed by atoms with van der Waals surface area (Å²) in [6, 6.07) is 10.3. The monoisotopic (exact) mass is 364 g/mol. The second-order valence-electron chi connectivity index (χ2n) is 6.09. The Balaban J connectivity index is 1.36. The van der Waals surface area contributed by atoms with Crippen LogP contribution in [0.25, 0.3) is 22.0 Å². The molecule has 0 radical (unpaired) electrons. The van der Waals surface area contributed by atoms with E-state index in [1.165, 1.54) is 12.1 Å². The Morgan fingerprint density at radius 2 is 2.07 bits per heavy atom. The third-order valence-electron chi connectivity index (χ3n) is 4.20. The van der Waals surface area contributed by atoms with Crippen LogP contribution in [0.1, 0.15) is 16.1 Å².